The van der Waals surface area contributed by atoms with Crippen molar-refractivity contribution in [2.24, 2.45) is 0 Å². The Bertz CT molecular complexity index is 663. The maximum absolute atomic E-state index is 11.9. The molecule has 2 aromatic rings. The Balaban J connectivity index is 1.79. The second kappa shape index (κ2) is 8.36. The van der Waals surface area contributed by atoms with E-state index in [1.165, 1.54) is 23.1 Å². The first-order valence-corrected chi connectivity index (χ1v) is 8.51. The SMILES string of the molecule is CCCNc1nnc(SCC(=O)Nc2ccc(C#N)cc2)s1. The van der Waals surface area contributed by atoms with Gasteiger partial charge in [-0.2, -0.15) is 5.26 Å². The first kappa shape index (κ1) is 16.3. The van der Waals surface area contributed by atoms with E-state index in [1.54, 1.807) is 24.3 Å². The molecule has 1 aromatic heterocycles. The topological polar surface area (TPSA) is 90.7 Å². The fourth-order valence-corrected chi connectivity index (χ4v) is 3.10. The Morgan fingerprint density at radius 1 is 1.36 bits per heavy atom. The van der Waals surface area contributed by atoms with E-state index in [0.29, 0.717) is 11.3 Å². The number of anilines is 2. The number of benzene rings is 1. The maximum Gasteiger partial charge on any atom is 0.234 e. The lowest BCUT2D eigenvalue weighted by atomic mass is 10.2. The van der Waals surface area contributed by atoms with Gasteiger partial charge in [0, 0.05) is 12.2 Å². The molecule has 0 saturated heterocycles. The highest BCUT2D eigenvalue weighted by atomic mass is 32.2. The largest absolute Gasteiger partial charge is 0.360 e. The van der Waals surface area contributed by atoms with Crippen molar-refractivity contribution in [3.8, 4) is 6.07 Å². The molecule has 0 saturated carbocycles. The molecule has 0 radical (unpaired) electrons. The molecule has 8 heteroatoms. The van der Waals surface area contributed by atoms with Crippen LogP contribution < -0.4 is 10.6 Å². The fraction of sp³-hybridized carbons (Fsp3) is 0.286. The Hall–Kier alpha value is -2.11. The summed E-state index contributed by atoms with van der Waals surface area (Å²) in [5, 5.41) is 23.5. The molecule has 6 nitrogen and oxygen atoms in total. The zero-order valence-corrected chi connectivity index (χ0v) is 13.6. The summed E-state index contributed by atoms with van der Waals surface area (Å²) in [6, 6.07) is 8.78. The van der Waals surface area contributed by atoms with Crippen LogP contribution in [0.3, 0.4) is 0 Å². The first-order chi connectivity index (χ1) is 10.7. The van der Waals surface area contributed by atoms with Crippen LogP contribution in [-0.4, -0.2) is 28.4 Å². The van der Waals surface area contributed by atoms with Crippen molar-refractivity contribution in [3.63, 3.8) is 0 Å². The fourth-order valence-electron chi connectivity index (χ4n) is 1.52. The summed E-state index contributed by atoms with van der Waals surface area (Å²) in [7, 11) is 0. The van der Waals surface area contributed by atoms with Crippen molar-refractivity contribution in [2.75, 3.05) is 22.9 Å². The number of rotatable bonds is 7. The molecule has 0 aliphatic rings. The van der Waals surface area contributed by atoms with E-state index in [0.717, 1.165) is 22.4 Å². The normalized spacial score (nSPS) is 10.0. The molecule has 114 valence electrons. The third kappa shape index (κ3) is 5.02. The van der Waals surface area contributed by atoms with Gasteiger partial charge in [0.1, 0.15) is 0 Å². The van der Waals surface area contributed by atoms with Crippen molar-refractivity contribution in [1.82, 2.24) is 10.2 Å². The van der Waals surface area contributed by atoms with Gasteiger partial charge < -0.3 is 10.6 Å². The van der Waals surface area contributed by atoms with Crippen LogP contribution in [0.25, 0.3) is 0 Å². The second-order valence-corrected chi connectivity index (χ2v) is 6.53. The van der Waals surface area contributed by atoms with E-state index in [9.17, 15) is 4.79 Å². The smallest absolute Gasteiger partial charge is 0.234 e. The number of amides is 1. The molecule has 1 amide bonds. The van der Waals surface area contributed by atoms with Crippen molar-refractivity contribution >= 4 is 39.8 Å². The molecule has 2 rings (SSSR count). The van der Waals surface area contributed by atoms with E-state index in [4.69, 9.17) is 5.26 Å². The maximum atomic E-state index is 11.9. The first-order valence-electron chi connectivity index (χ1n) is 6.71. The van der Waals surface area contributed by atoms with E-state index in [2.05, 4.69) is 27.8 Å². The van der Waals surface area contributed by atoms with E-state index >= 15 is 0 Å². The Morgan fingerprint density at radius 2 is 2.14 bits per heavy atom. The summed E-state index contributed by atoms with van der Waals surface area (Å²) in [6.07, 6.45) is 1.02. The number of thioether (sulfide) groups is 1. The van der Waals surface area contributed by atoms with Crippen molar-refractivity contribution < 1.29 is 4.79 Å². The third-order valence-electron chi connectivity index (χ3n) is 2.56. The van der Waals surface area contributed by atoms with Gasteiger partial charge in [-0.25, -0.2) is 0 Å². The van der Waals surface area contributed by atoms with Gasteiger partial charge in [0.2, 0.25) is 11.0 Å². The van der Waals surface area contributed by atoms with Crippen LogP contribution in [0.5, 0.6) is 0 Å². The molecule has 1 heterocycles. The number of hydrogen-bond donors (Lipinski definition) is 2. The number of aromatic nitrogens is 2. The molecule has 0 bridgehead atoms. The van der Waals surface area contributed by atoms with Crippen molar-refractivity contribution in [1.29, 1.82) is 5.26 Å². The lowest BCUT2D eigenvalue weighted by Gasteiger charge is -2.03. The predicted molar refractivity (Wildman–Crippen MR) is 89.2 cm³/mol. The number of nitrogens with zero attached hydrogens (tertiary/aromatic N) is 3. The molecular formula is C14H15N5OS2. The monoisotopic (exact) mass is 333 g/mol. The van der Waals surface area contributed by atoms with Gasteiger partial charge in [0.25, 0.3) is 0 Å². The van der Waals surface area contributed by atoms with Crippen molar-refractivity contribution in [2.45, 2.75) is 17.7 Å². The molecule has 0 atom stereocenters. The summed E-state index contributed by atoms with van der Waals surface area (Å²) < 4.78 is 0.758. The third-order valence-corrected chi connectivity index (χ3v) is 4.57. The van der Waals surface area contributed by atoms with Gasteiger partial charge in [0.15, 0.2) is 4.34 Å². The summed E-state index contributed by atoms with van der Waals surface area (Å²) in [4.78, 5) is 11.9. The lowest BCUT2D eigenvalue weighted by molar-refractivity contribution is -0.113. The van der Waals surface area contributed by atoms with Gasteiger partial charge in [-0.3, -0.25) is 4.79 Å². The minimum atomic E-state index is -0.118. The molecule has 1 aromatic carbocycles. The Labute approximate surface area is 137 Å². The number of carbonyl (C=O) groups is 1. The van der Waals surface area contributed by atoms with E-state index in [1.807, 2.05) is 6.07 Å². The Kier molecular flexibility index (Phi) is 6.18. The minimum absolute atomic E-state index is 0.118. The van der Waals surface area contributed by atoms with Gasteiger partial charge in [-0.1, -0.05) is 30.0 Å². The number of nitriles is 1. The molecule has 0 aliphatic carbocycles. The average Bonchev–Trinajstić information content (AvgIpc) is 2.99. The van der Waals surface area contributed by atoms with Crippen LogP contribution in [0.2, 0.25) is 0 Å². The van der Waals surface area contributed by atoms with Crippen LogP contribution in [0, 0.1) is 11.3 Å². The number of carbonyl (C=O) groups excluding carboxylic acids is 1. The second-order valence-electron chi connectivity index (χ2n) is 4.33. The van der Waals surface area contributed by atoms with Crippen LogP contribution in [0.15, 0.2) is 28.6 Å². The molecule has 0 fully saturated rings. The molecule has 0 spiro atoms. The van der Waals surface area contributed by atoms with Crippen LogP contribution in [0.1, 0.15) is 18.9 Å². The summed E-state index contributed by atoms with van der Waals surface area (Å²) in [5.41, 5.74) is 1.24. The van der Waals surface area contributed by atoms with E-state index < -0.39 is 0 Å². The number of nitrogens with one attached hydrogen (secondary N) is 2. The van der Waals surface area contributed by atoms with Crippen LogP contribution >= 0.6 is 23.1 Å². The lowest BCUT2D eigenvalue weighted by Crippen LogP contribution is -2.13. The van der Waals surface area contributed by atoms with Crippen molar-refractivity contribution in [3.05, 3.63) is 29.8 Å². The quantitative estimate of drug-likeness (QED) is 0.757. The Morgan fingerprint density at radius 3 is 2.82 bits per heavy atom. The minimum Gasteiger partial charge on any atom is -0.360 e. The molecule has 22 heavy (non-hydrogen) atoms. The van der Waals surface area contributed by atoms with Gasteiger partial charge in [-0.05, 0) is 30.7 Å². The number of hydrogen-bond acceptors (Lipinski definition) is 7. The van der Waals surface area contributed by atoms with Crippen LogP contribution in [0.4, 0.5) is 10.8 Å². The summed E-state index contributed by atoms with van der Waals surface area (Å²) >= 11 is 2.79. The summed E-state index contributed by atoms with van der Waals surface area (Å²) in [5.74, 6) is 0.149. The highest BCUT2D eigenvalue weighted by Crippen LogP contribution is 2.25. The highest BCUT2D eigenvalue weighted by molar-refractivity contribution is 8.01. The molecule has 0 aliphatic heterocycles. The van der Waals surface area contributed by atoms with Crippen LogP contribution in [-0.2, 0) is 4.79 Å². The van der Waals surface area contributed by atoms with Gasteiger partial charge in [-0.15, -0.1) is 10.2 Å². The zero-order chi connectivity index (χ0) is 15.8. The predicted octanol–water partition coefficient (Wildman–Crippen LogP) is 2.96. The standard InChI is InChI=1S/C14H15N5OS2/c1-2-7-16-13-18-19-14(22-13)21-9-12(20)17-11-5-3-10(8-15)4-6-11/h3-6H,2,7,9H2,1H3,(H,16,18)(H,17,20). The van der Waals surface area contributed by atoms with E-state index in [-0.39, 0.29) is 11.7 Å². The highest BCUT2D eigenvalue weighted by Gasteiger charge is 2.08. The average molecular weight is 333 g/mol. The summed E-state index contributed by atoms with van der Waals surface area (Å²) in [6.45, 7) is 2.94. The molecular weight excluding hydrogens is 318 g/mol. The zero-order valence-electron chi connectivity index (χ0n) is 12.0. The molecule has 0 unspecified atom stereocenters. The van der Waals surface area contributed by atoms with Gasteiger partial charge >= 0.3 is 0 Å². The molecule has 2 N–H and O–H groups in total. The van der Waals surface area contributed by atoms with Gasteiger partial charge in [0.05, 0.1) is 17.4 Å².